The van der Waals surface area contributed by atoms with Gasteiger partial charge in [-0.2, -0.15) is 0 Å². The van der Waals surface area contributed by atoms with Gasteiger partial charge in [0.05, 0.1) is 18.3 Å². The minimum absolute atomic E-state index is 0.0274. The van der Waals surface area contributed by atoms with E-state index in [0.29, 0.717) is 11.4 Å². The number of carbonyl (C=O) groups is 1. The molecule has 1 aromatic heterocycles. The highest BCUT2D eigenvalue weighted by molar-refractivity contribution is 7.11. The lowest BCUT2D eigenvalue weighted by Gasteiger charge is -2.11. The topological polar surface area (TPSA) is 62.2 Å². The standard InChI is InChI=1S/C9H12N2O2S/c12-5-9(1-2-9)4-11-8(13)7-3-10-6-14-7/h3,6,12H,1-2,4-5H2,(H,11,13). The van der Waals surface area contributed by atoms with E-state index >= 15 is 0 Å². The monoisotopic (exact) mass is 212 g/mol. The van der Waals surface area contributed by atoms with Crippen molar-refractivity contribution in [2.45, 2.75) is 12.8 Å². The lowest BCUT2D eigenvalue weighted by atomic mass is 10.1. The molecular weight excluding hydrogens is 200 g/mol. The fraction of sp³-hybridized carbons (Fsp3) is 0.556. The van der Waals surface area contributed by atoms with Crippen LogP contribution in [0.3, 0.4) is 0 Å². The largest absolute Gasteiger partial charge is 0.396 e. The van der Waals surface area contributed by atoms with Gasteiger partial charge in [-0.15, -0.1) is 11.3 Å². The number of nitrogens with one attached hydrogen (secondary N) is 1. The van der Waals surface area contributed by atoms with Crippen molar-refractivity contribution in [3.63, 3.8) is 0 Å². The van der Waals surface area contributed by atoms with Gasteiger partial charge in [-0.1, -0.05) is 0 Å². The van der Waals surface area contributed by atoms with Crippen LogP contribution >= 0.6 is 11.3 Å². The summed E-state index contributed by atoms with van der Waals surface area (Å²) in [6.07, 6.45) is 3.57. The number of aliphatic hydroxyl groups excluding tert-OH is 1. The molecule has 1 saturated carbocycles. The second-order valence-corrected chi connectivity index (χ2v) is 4.59. The third-order valence-corrected chi connectivity index (χ3v) is 3.34. The molecule has 14 heavy (non-hydrogen) atoms. The summed E-state index contributed by atoms with van der Waals surface area (Å²) in [5, 5.41) is 11.8. The predicted molar refractivity (Wildman–Crippen MR) is 53.2 cm³/mol. The van der Waals surface area contributed by atoms with Crippen LogP contribution in [0.25, 0.3) is 0 Å². The van der Waals surface area contributed by atoms with Gasteiger partial charge in [-0.3, -0.25) is 9.78 Å². The first-order chi connectivity index (χ1) is 6.76. The van der Waals surface area contributed by atoms with Gasteiger partial charge >= 0.3 is 0 Å². The van der Waals surface area contributed by atoms with E-state index in [1.54, 1.807) is 11.7 Å². The number of hydrogen-bond donors (Lipinski definition) is 2. The third-order valence-electron chi connectivity index (χ3n) is 2.57. The van der Waals surface area contributed by atoms with Crippen LogP contribution in [0.1, 0.15) is 22.5 Å². The predicted octanol–water partition coefficient (Wildman–Crippen LogP) is 0.645. The number of rotatable bonds is 4. The van der Waals surface area contributed by atoms with Gasteiger partial charge in [0, 0.05) is 12.0 Å². The fourth-order valence-corrected chi connectivity index (χ4v) is 1.79. The van der Waals surface area contributed by atoms with Crippen LogP contribution in [-0.4, -0.2) is 29.1 Å². The summed E-state index contributed by atoms with van der Waals surface area (Å²) in [5.41, 5.74) is 1.61. The zero-order valence-corrected chi connectivity index (χ0v) is 8.51. The van der Waals surface area contributed by atoms with E-state index in [4.69, 9.17) is 5.11 Å². The normalized spacial score (nSPS) is 17.8. The van der Waals surface area contributed by atoms with Crippen molar-refractivity contribution in [1.82, 2.24) is 10.3 Å². The van der Waals surface area contributed by atoms with Gasteiger partial charge in [0.2, 0.25) is 0 Å². The molecule has 76 valence electrons. The molecule has 1 aliphatic rings. The first-order valence-corrected chi connectivity index (χ1v) is 5.41. The Labute approximate surface area is 86.0 Å². The van der Waals surface area contributed by atoms with E-state index in [0.717, 1.165) is 12.8 Å². The summed E-state index contributed by atoms with van der Waals surface area (Å²) in [6, 6.07) is 0. The summed E-state index contributed by atoms with van der Waals surface area (Å²) < 4.78 is 0. The zero-order chi connectivity index (χ0) is 10.0. The first-order valence-electron chi connectivity index (χ1n) is 4.53. The lowest BCUT2D eigenvalue weighted by molar-refractivity contribution is 0.0939. The Balaban J connectivity index is 1.84. The average molecular weight is 212 g/mol. The number of nitrogens with zero attached hydrogens (tertiary/aromatic N) is 1. The van der Waals surface area contributed by atoms with E-state index in [1.807, 2.05) is 0 Å². The first kappa shape index (κ1) is 9.61. The van der Waals surface area contributed by atoms with Crippen molar-refractivity contribution in [2.75, 3.05) is 13.2 Å². The maximum absolute atomic E-state index is 11.5. The molecule has 2 N–H and O–H groups in total. The number of hydrogen-bond acceptors (Lipinski definition) is 4. The van der Waals surface area contributed by atoms with Crippen LogP contribution in [-0.2, 0) is 0 Å². The summed E-state index contributed by atoms with van der Waals surface area (Å²) >= 11 is 1.32. The van der Waals surface area contributed by atoms with Crippen LogP contribution in [0, 0.1) is 5.41 Å². The molecule has 0 saturated heterocycles. The second kappa shape index (κ2) is 3.67. The maximum atomic E-state index is 11.5. The summed E-state index contributed by atoms with van der Waals surface area (Å²) in [7, 11) is 0. The minimum atomic E-state index is -0.0905. The molecule has 0 bridgehead atoms. The molecule has 1 aromatic rings. The smallest absolute Gasteiger partial charge is 0.263 e. The molecule has 1 heterocycles. The number of thiazole rings is 1. The van der Waals surface area contributed by atoms with Crippen molar-refractivity contribution in [3.05, 3.63) is 16.6 Å². The van der Waals surface area contributed by atoms with Gasteiger partial charge in [0.1, 0.15) is 4.88 Å². The van der Waals surface area contributed by atoms with E-state index < -0.39 is 0 Å². The van der Waals surface area contributed by atoms with E-state index in [2.05, 4.69) is 10.3 Å². The van der Waals surface area contributed by atoms with Gasteiger partial charge < -0.3 is 10.4 Å². The second-order valence-electron chi connectivity index (χ2n) is 3.71. The third kappa shape index (κ3) is 1.93. The molecule has 1 fully saturated rings. The minimum Gasteiger partial charge on any atom is -0.396 e. The van der Waals surface area contributed by atoms with Crippen LogP contribution in [0.2, 0.25) is 0 Å². The fourth-order valence-electron chi connectivity index (χ4n) is 1.25. The van der Waals surface area contributed by atoms with E-state index in [-0.39, 0.29) is 17.9 Å². The van der Waals surface area contributed by atoms with Gasteiger partial charge in [0.25, 0.3) is 5.91 Å². The Kier molecular flexibility index (Phi) is 2.52. The van der Waals surface area contributed by atoms with Crippen molar-refractivity contribution in [1.29, 1.82) is 0 Å². The summed E-state index contributed by atoms with van der Waals surface area (Å²) in [6.45, 7) is 0.732. The van der Waals surface area contributed by atoms with Gasteiger partial charge in [0.15, 0.2) is 0 Å². The molecule has 1 aliphatic carbocycles. The highest BCUT2D eigenvalue weighted by Gasteiger charge is 2.42. The molecule has 1 amide bonds. The number of aliphatic hydroxyl groups is 1. The lowest BCUT2D eigenvalue weighted by Crippen LogP contribution is -2.31. The Morgan fingerprint density at radius 1 is 1.71 bits per heavy atom. The molecule has 0 aliphatic heterocycles. The van der Waals surface area contributed by atoms with Gasteiger partial charge in [-0.25, -0.2) is 0 Å². The molecule has 5 heteroatoms. The van der Waals surface area contributed by atoms with Crippen molar-refractivity contribution >= 4 is 17.2 Å². The average Bonchev–Trinajstić information content (AvgIpc) is 2.78. The molecule has 0 spiro atoms. The Morgan fingerprint density at radius 3 is 3.00 bits per heavy atom. The number of carbonyl (C=O) groups excluding carboxylic acids is 1. The van der Waals surface area contributed by atoms with Crippen LogP contribution in [0.5, 0.6) is 0 Å². The summed E-state index contributed by atoms with van der Waals surface area (Å²) in [5.74, 6) is -0.0905. The molecule has 0 atom stereocenters. The Morgan fingerprint density at radius 2 is 2.50 bits per heavy atom. The van der Waals surface area contributed by atoms with Crippen molar-refractivity contribution in [2.24, 2.45) is 5.41 Å². The van der Waals surface area contributed by atoms with Crippen LogP contribution in [0.4, 0.5) is 0 Å². The highest BCUT2D eigenvalue weighted by atomic mass is 32.1. The van der Waals surface area contributed by atoms with Crippen LogP contribution < -0.4 is 5.32 Å². The number of amides is 1. The van der Waals surface area contributed by atoms with E-state index in [9.17, 15) is 4.79 Å². The molecule has 4 nitrogen and oxygen atoms in total. The van der Waals surface area contributed by atoms with Crippen molar-refractivity contribution < 1.29 is 9.90 Å². The Hall–Kier alpha value is -0.940. The maximum Gasteiger partial charge on any atom is 0.263 e. The summed E-state index contributed by atoms with van der Waals surface area (Å²) in [4.78, 5) is 15.9. The number of aromatic nitrogens is 1. The molecule has 0 unspecified atom stereocenters. The van der Waals surface area contributed by atoms with Crippen molar-refractivity contribution in [3.8, 4) is 0 Å². The SMILES string of the molecule is O=C(NCC1(CO)CC1)c1cncs1. The zero-order valence-electron chi connectivity index (χ0n) is 7.69. The highest BCUT2D eigenvalue weighted by Crippen LogP contribution is 2.44. The van der Waals surface area contributed by atoms with Crippen LogP contribution in [0.15, 0.2) is 11.7 Å². The quantitative estimate of drug-likeness (QED) is 0.770. The molecule has 0 aromatic carbocycles. The molecule has 2 rings (SSSR count). The molecular formula is C9H12N2O2S. The Bertz CT molecular complexity index is 320. The van der Waals surface area contributed by atoms with Gasteiger partial charge in [-0.05, 0) is 12.8 Å². The molecule has 0 radical (unpaired) electrons. The van der Waals surface area contributed by atoms with E-state index in [1.165, 1.54) is 11.3 Å².